The average Bonchev–Trinajstić information content (AvgIpc) is 1.73. The van der Waals surface area contributed by atoms with Gasteiger partial charge in [-0.3, -0.25) is 71.9 Å². The number of para-hydroxylation sites is 1. The number of thiol groups is 1. The zero-order valence-electron chi connectivity index (χ0n) is 72.1. The minimum atomic E-state index is -1.87. The van der Waals surface area contributed by atoms with Gasteiger partial charge >= 0.3 is 5.97 Å². The van der Waals surface area contributed by atoms with Crippen LogP contribution < -0.4 is 104 Å². The number of halogens is 1. The first-order valence-corrected chi connectivity index (χ1v) is 43.8. The van der Waals surface area contributed by atoms with Crippen LogP contribution in [0.15, 0.2) is 140 Å². The summed E-state index contributed by atoms with van der Waals surface area (Å²) < 4.78 is 0. The van der Waals surface area contributed by atoms with E-state index < -0.39 is 192 Å². The Morgan fingerprint density at radius 1 is 0.395 bits per heavy atom. The summed E-state index contributed by atoms with van der Waals surface area (Å²) in [7, 11) is 0. The first-order valence-electron chi connectivity index (χ1n) is 42.8. The number of H-pyrrole nitrogens is 1. The molecule has 14 amide bonds. The maximum absolute atomic E-state index is 15.4. The predicted octanol–water partition coefficient (Wildman–Crippen LogP) is -2.53. The van der Waals surface area contributed by atoms with Gasteiger partial charge in [-0.05, 0) is 169 Å². The SMILES string of the molecule is C[C@@H](O)[C@H](NC(=O)[C@H](Cc1ccccc1)NC(=O)[C@@H](NC(=O)[C@H](CCCCN)NC(=O)[C@@H](Cc1c[nH]c2ccccc12)NC(=O)[C@H](Cc1ccc(O)cc1)NC(=O)[C@H](Cc1ccc(Cl)cc1)NC(=O)[C@@H](Cc1ccccc1)NC(=O)[C@H](N)CC(=O)O)[C@@H](C)O)C(=O)NCCCC[C@H](N)C(=O)NCC(=O)N[C@@H](CS)C(=O)N[C@@H](CCCCN)C(=O)N[C@@H](CCCCN)C(N)=O. The molecule has 0 saturated heterocycles. The van der Waals surface area contributed by atoms with Crippen LogP contribution in [0, 0.1) is 0 Å². The summed E-state index contributed by atoms with van der Waals surface area (Å²) in [5, 5.41) is 76.9. The smallest absolute Gasteiger partial charge is 0.305 e. The fourth-order valence-electron chi connectivity index (χ4n) is 13.7. The summed E-state index contributed by atoms with van der Waals surface area (Å²) in [6, 6.07) is 16.6. The molecule has 702 valence electrons. The van der Waals surface area contributed by atoms with Crippen LogP contribution in [0.3, 0.4) is 0 Å². The van der Waals surface area contributed by atoms with Gasteiger partial charge in [0, 0.05) is 66.5 Å². The summed E-state index contributed by atoms with van der Waals surface area (Å²) in [4.78, 5) is 212. The molecule has 0 spiro atoms. The van der Waals surface area contributed by atoms with Crippen LogP contribution in [0.5, 0.6) is 5.75 Å². The average molecular weight is 1830 g/mol. The van der Waals surface area contributed by atoms with E-state index in [0.29, 0.717) is 88.9 Å². The lowest BCUT2D eigenvalue weighted by atomic mass is 9.99. The Balaban J connectivity index is 1.16. The molecular weight excluding hydrogens is 1710 g/mol. The number of carbonyl (C=O) groups excluding carboxylic acids is 14. The Hall–Kier alpha value is -12.1. The first-order chi connectivity index (χ1) is 61.6. The summed E-state index contributed by atoms with van der Waals surface area (Å²) in [6.07, 6.45) is -0.440. The standard InChI is InChI=1S/C88H123ClN20O19S/c1-50(110)74(87(127)96-40-18-14-24-60(93)77(117)98-48-72(113)99-71(49-129)86(126)102-64(27-12-16-38-91)79(119)100-63(76(95)116)26-11-15-37-90)108-85(125)69(42-53-21-7-4-8-22-53)107-88(128)75(51(2)111)109-80(120)65(28-13-17-39-92)101-84(124)70(45-56-47-97-62-25-10-9-23-59(56)62)106-83(123)68(44-55-31-35-58(112)36-32-55)105-82(122)67(43-54-29-33-57(89)34-30-54)104-81(121)66(41-52-19-5-3-6-20-52)103-78(118)61(94)46-73(114)115/h3-10,19-23,25,29-36,47,50-51,60-61,63-71,74-75,97,110-112,129H,11-18,24,26-28,37-46,48-49,90-94H2,1-2H3,(H2,95,116)(H,96,127)(H,98,117)(H,99,113)(H,100,119)(H,101,124)(H,102,126)(H,103,118)(H,104,121)(H,105,122)(H,106,123)(H,107,128)(H,108,125)(H,109,120)(H,114,115)/t50-,51-,60+,61-,63+,64+,65+,66-,67+,68+,69+,70-,71+,74+,75+/m1/s1. The van der Waals surface area contributed by atoms with Gasteiger partial charge in [0.05, 0.1) is 37.3 Å². The van der Waals surface area contributed by atoms with E-state index in [0.717, 1.165) is 0 Å². The van der Waals surface area contributed by atoms with Crippen molar-refractivity contribution in [2.24, 2.45) is 34.4 Å². The molecule has 0 aliphatic heterocycles. The summed E-state index contributed by atoms with van der Waals surface area (Å²) >= 11 is 10.5. The number of fused-ring (bicyclic) bond motifs is 1. The number of nitrogens with one attached hydrogen (secondary N) is 14. The lowest BCUT2D eigenvalue weighted by Gasteiger charge is -2.29. The molecule has 41 heteroatoms. The van der Waals surface area contributed by atoms with E-state index in [1.54, 1.807) is 115 Å². The van der Waals surface area contributed by atoms with Crippen LogP contribution in [0.4, 0.5) is 0 Å². The molecule has 15 atom stereocenters. The Bertz CT molecular complexity index is 4680. The van der Waals surface area contributed by atoms with Crippen molar-refractivity contribution in [1.82, 2.24) is 74.1 Å². The number of carbonyl (C=O) groups is 15. The van der Waals surface area contributed by atoms with Crippen molar-refractivity contribution in [2.75, 3.05) is 38.5 Å². The number of aromatic amines is 1. The number of aliphatic hydroxyl groups excluding tert-OH is 2. The summed E-state index contributed by atoms with van der Waals surface area (Å²) in [5.41, 5.74) is 37.8. The highest BCUT2D eigenvalue weighted by Crippen LogP contribution is 2.22. The third-order valence-corrected chi connectivity index (χ3v) is 21.6. The van der Waals surface area contributed by atoms with Crippen molar-refractivity contribution in [3.05, 3.63) is 172 Å². The number of hydrogen-bond donors (Lipinski definition) is 25. The van der Waals surface area contributed by atoms with Crippen LogP contribution in [0.1, 0.15) is 125 Å². The van der Waals surface area contributed by atoms with E-state index in [-0.39, 0.29) is 102 Å². The number of aliphatic hydroxyl groups is 2. The fraction of sp³-hybridized carbons (Fsp3) is 0.466. The van der Waals surface area contributed by atoms with E-state index in [4.69, 9.17) is 46.0 Å². The Kier molecular flexibility index (Phi) is 45.5. The number of unbranched alkanes of at least 4 members (excludes halogenated alkanes) is 4. The highest BCUT2D eigenvalue weighted by atomic mass is 35.5. The molecule has 0 aliphatic carbocycles. The number of carboxylic acid groups (broad SMARTS) is 1. The van der Waals surface area contributed by atoms with Gasteiger partial charge in [-0.15, -0.1) is 0 Å². The molecule has 6 rings (SSSR count). The number of amides is 14. The van der Waals surface area contributed by atoms with Gasteiger partial charge in [0.2, 0.25) is 82.7 Å². The number of nitrogens with two attached hydrogens (primary N) is 6. The number of aromatic nitrogens is 1. The molecule has 0 radical (unpaired) electrons. The second-order valence-corrected chi connectivity index (χ2v) is 32.3. The van der Waals surface area contributed by atoms with E-state index in [9.17, 15) is 78.0 Å². The highest BCUT2D eigenvalue weighted by molar-refractivity contribution is 7.80. The molecule has 0 saturated carbocycles. The van der Waals surface area contributed by atoms with E-state index in [1.807, 2.05) is 0 Å². The molecule has 0 unspecified atom stereocenters. The molecule has 0 aliphatic rings. The Labute approximate surface area is 757 Å². The van der Waals surface area contributed by atoms with Gasteiger partial charge < -0.3 is 129 Å². The largest absolute Gasteiger partial charge is 0.508 e. The van der Waals surface area contributed by atoms with Crippen molar-refractivity contribution in [3.63, 3.8) is 0 Å². The number of aliphatic carboxylic acids is 1. The predicted molar refractivity (Wildman–Crippen MR) is 484 cm³/mol. The van der Waals surface area contributed by atoms with Crippen molar-refractivity contribution in [1.29, 1.82) is 0 Å². The molecule has 1 heterocycles. The third kappa shape index (κ3) is 36.9. The molecule has 6 aromatic rings. The number of hydrogen-bond acceptors (Lipinski definition) is 24. The van der Waals surface area contributed by atoms with Gasteiger partial charge in [0.15, 0.2) is 0 Å². The quantitative estimate of drug-likeness (QED) is 0.0138. The van der Waals surface area contributed by atoms with Gasteiger partial charge in [-0.1, -0.05) is 115 Å². The van der Waals surface area contributed by atoms with Crippen molar-refractivity contribution in [2.45, 2.75) is 220 Å². The topological polar surface area (TPSA) is 665 Å². The van der Waals surface area contributed by atoms with Gasteiger partial charge in [-0.25, -0.2) is 0 Å². The van der Waals surface area contributed by atoms with E-state index >= 15 is 14.4 Å². The Morgan fingerprint density at radius 3 is 1.24 bits per heavy atom. The highest BCUT2D eigenvalue weighted by Gasteiger charge is 2.39. The molecule has 129 heavy (non-hydrogen) atoms. The van der Waals surface area contributed by atoms with Crippen molar-refractivity contribution >= 4 is 124 Å². The second kappa shape index (κ2) is 55.6. The van der Waals surface area contributed by atoms with Crippen LogP contribution in [0.25, 0.3) is 10.9 Å². The lowest BCUT2D eigenvalue weighted by Crippen LogP contribution is -2.62. The fourth-order valence-corrected chi connectivity index (χ4v) is 14.1. The van der Waals surface area contributed by atoms with Crippen LogP contribution in [-0.4, -0.2) is 243 Å². The zero-order chi connectivity index (χ0) is 94.7. The number of rotatable bonds is 58. The van der Waals surface area contributed by atoms with E-state index in [2.05, 4.69) is 86.7 Å². The normalized spacial score (nSPS) is 14.7. The molecule has 5 aromatic carbocycles. The number of phenols is 1. The van der Waals surface area contributed by atoms with E-state index in [1.165, 1.54) is 38.1 Å². The number of aromatic hydroxyl groups is 1. The maximum Gasteiger partial charge on any atom is 0.305 e. The number of phenolic OH excluding ortho intramolecular Hbond substituents is 1. The maximum atomic E-state index is 15.4. The Morgan fingerprint density at radius 2 is 0.775 bits per heavy atom. The monoisotopic (exact) mass is 1830 g/mol. The van der Waals surface area contributed by atoms with Crippen LogP contribution in [-0.2, 0) is 104 Å². The van der Waals surface area contributed by atoms with Crippen LogP contribution >= 0.6 is 24.2 Å². The molecule has 39 nitrogen and oxygen atoms in total. The number of primary amides is 1. The molecule has 1 aromatic heterocycles. The molecule has 30 N–H and O–H groups in total. The molecular formula is C88H123ClN20O19S. The first kappa shape index (κ1) is 106. The number of benzene rings is 5. The molecule has 0 bridgehead atoms. The minimum Gasteiger partial charge on any atom is -0.508 e. The summed E-state index contributed by atoms with van der Waals surface area (Å²) in [5.74, 6) is -14.3. The zero-order valence-corrected chi connectivity index (χ0v) is 73.8. The van der Waals surface area contributed by atoms with Gasteiger partial charge in [0.1, 0.15) is 72.2 Å². The van der Waals surface area contributed by atoms with Crippen molar-refractivity contribution in [3.8, 4) is 5.75 Å². The molecule has 0 fully saturated rings. The lowest BCUT2D eigenvalue weighted by molar-refractivity contribution is -0.140. The second-order valence-electron chi connectivity index (χ2n) is 31.5. The van der Waals surface area contributed by atoms with Gasteiger partial charge in [0.25, 0.3) is 0 Å². The minimum absolute atomic E-state index is 0.0463. The number of carboxylic acids is 1. The summed E-state index contributed by atoms with van der Waals surface area (Å²) in [6.45, 7) is 2.54. The van der Waals surface area contributed by atoms with Crippen molar-refractivity contribution < 1.29 is 92.3 Å². The third-order valence-electron chi connectivity index (χ3n) is 21.0. The van der Waals surface area contributed by atoms with Crippen LogP contribution in [0.2, 0.25) is 5.02 Å². The van der Waals surface area contributed by atoms with Gasteiger partial charge in [-0.2, -0.15) is 12.6 Å².